The van der Waals surface area contributed by atoms with Crippen molar-refractivity contribution in [1.82, 2.24) is 4.90 Å². The molecule has 5 heteroatoms. The van der Waals surface area contributed by atoms with Crippen LogP contribution in [0.3, 0.4) is 0 Å². The Bertz CT molecular complexity index is 2340. The van der Waals surface area contributed by atoms with E-state index in [2.05, 4.69) is 114 Å². The highest BCUT2D eigenvalue weighted by molar-refractivity contribution is 6.22. The van der Waals surface area contributed by atoms with E-state index < -0.39 is 5.54 Å². The maximum atomic E-state index is 13.5. The molecule has 0 saturated carbocycles. The van der Waals surface area contributed by atoms with Crippen molar-refractivity contribution in [1.29, 1.82) is 0 Å². The average Bonchev–Trinajstić information content (AvgIpc) is 3.61. The lowest BCUT2D eigenvalue weighted by molar-refractivity contribution is 0.0434. The second kappa shape index (κ2) is 14.5. The number of carbonyl (C=O) groups excluding carboxylic acids is 3. The van der Waals surface area contributed by atoms with Crippen LogP contribution >= 0.6 is 0 Å². The van der Waals surface area contributed by atoms with Gasteiger partial charge in [-0.15, -0.1) is 0 Å². The van der Waals surface area contributed by atoms with Crippen molar-refractivity contribution in [2.75, 3.05) is 4.90 Å². The highest BCUT2D eigenvalue weighted by Gasteiger charge is 2.44. The van der Waals surface area contributed by atoms with E-state index in [1.807, 2.05) is 57.2 Å². The van der Waals surface area contributed by atoms with E-state index >= 15 is 0 Å². The third kappa shape index (κ3) is 6.72. The van der Waals surface area contributed by atoms with E-state index in [0.717, 1.165) is 59.3 Å². The summed E-state index contributed by atoms with van der Waals surface area (Å²) in [6.45, 7) is 21.6. The van der Waals surface area contributed by atoms with Gasteiger partial charge in [0.25, 0.3) is 17.7 Å². The summed E-state index contributed by atoms with van der Waals surface area (Å²) < 4.78 is 0. The zero-order valence-corrected chi connectivity index (χ0v) is 34.3. The van der Waals surface area contributed by atoms with Crippen LogP contribution in [0.2, 0.25) is 0 Å². The maximum Gasteiger partial charge on any atom is 0.263 e. The van der Waals surface area contributed by atoms with Crippen molar-refractivity contribution in [2.24, 2.45) is 0 Å². The predicted octanol–water partition coefficient (Wildman–Crippen LogP) is 11.7. The van der Waals surface area contributed by atoms with Crippen LogP contribution in [0.15, 0.2) is 116 Å². The Balaban J connectivity index is 1.01. The van der Waals surface area contributed by atoms with E-state index in [0.29, 0.717) is 23.1 Å². The SMILES string of the molecule is C=C1c2cc(Cc3ccc(C(C)(C)c4ccc(Cc5ccc6c(c5)C(=O)N(C(C)(CC)CC)C6=O)cc4)cc3)ccc2C(=O)N1c1ccc(C(C)(C)CC)cc1. The first kappa shape index (κ1) is 38.7. The van der Waals surface area contributed by atoms with Gasteiger partial charge in [0.2, 0.25) is 0 Å². The van der Waals surface area contributed by atoms with Crippen LogP contribution in [0.25, 0.3) is 5.70 Å². The molecule has 7 rings (SSSR count). The van der Waals surface area contributed by atoms with Crippen LogP contribution in [-0.4, -0.2) is 28.2 Å². The summed E-state index contributed by atoms with van der Waals surface area (Å²) in [4.78, 5) is 43.4. The fourth-order valence-corrected chi connectivity index (χ4v) is 8.20. The van der Waals surface area contributed by atoms with Crippen LogP contribution in [0.4, 0.5) is 5.69 Å². The molecule has 0 N–H and O–H groups in total. The number of benzene rings is 5. The molecule has 2 aliphatic rings. The number of amides is 3. The van der Waals surface area contributed by atoms with Crippen LogP contribution in [0, 0.1) is 0 Å². The van der Waals surface area contributed by atoms with Gasteiger partial charge >= 0.3 is 0 Å². The number of hydrogen-bond acceptors (Lipinski definition) is 3. The Morgan fingerprint density at radius 1 is 0.482 bits per heavy atom. The number of anilines is 1. The first-order valence-corrected chi connectivity index (χ1v) is 20.1. The van der Waals surface area contributed by atoms with Gasteiger partial charge in [-0.3, -0.25) is 24.2 Å². The Morgan fingerprint density at radius 2 is 0.911 bits per heavy atom. The molecule has 286 valence electrons. The smallest absolute Gasteiger partial charge is 0.263 e. The fourth-order valence-electron chi connectivity index (χ4n) is 8.20. The normalized spacial score (nSPS) is 14.5. The van der Waals surface area contributed by atoms with Crippen molar-refractivity contribution in [3.8, 4) is 0 Å². The molecule has 5 aromatic rings. The van der Waals surface area contributed by atoms with Crippen LogP contribution in [0.1, 0.15) is 150 Å². The predicted molar refractivity (Wildman–Crippen MR) is 229 cm³/mol. The van der Waals surface area contributed by atoms with Gasteiger partial charge in [-0.25, -0.2) is 0 Å². The first-order valence-electron chi connectivity index (χ1n) is 20.1. The minimum Gasteiger partial charge on any atom is -0.277 e. The third-order valence-corrected chi connectivity index (χ3v) is 13.1. The quantitative estimate of drug-likeness (QED) is 0.120. The molecule has 5 aromatic carbocycles. The monoisotopic (exact) mass is 742 g/mol. The lowest BCUT2D eigenvalue weighted by Gasteiger charge is -2.35. The van der Waals surface area contributed by atoms with Gasteiger partial charge in [-0.2, -0.15) is 0 Å². The van der Waals surface area contributed by atoms with Gasteiger partial charge in [-0.05, 0) is 120 Å². The van der Waals surface area contributed by atoms with Gasteiger partial charge in [0.05, 0.1) is 16.8 Å². The van der Waals surface area contributed by atoms with E-state index in [1.165, 1.54) is 27.2 Å². The highest BCUT2D eigenvalue weighted by Crippen LogP contribution is 2.39. The van der Waals surface area contributed by atoms with Crippen LogP contribution in [0.5, 0.6) is 0 Å². The average molecular weight is 743 g/mol. The molecular weight excluding hydrogens is 689 g/mol. The minimum atomic E-state index is -0.486. The number of carbonyl (C=O) groups is 3. The molecule has 0 unspecified atom stereocenters. The van der Waals surface area contributed by atoms with E-state index in [-0.39, 0.29) is 28.6 Å². The lowest BCUT2D eigenvalue weighted by Crippen LogP contribution is -2.48. The molecule has 3 amide bonds. The fraction of sp³-hybridized carbons (Fsp3) is 0.314. The zero-order chi connectivity index (χ0) is 40.2. The first-order chi connectivity index (χ1) is 26.6. The highest BCUT2D eigenvalue weighted by atomic mass is 16.2. The zero-order valence-electron chi connectivity index (χ0n) is 34.3. The number of fused-ring (bicyclic) bond motifs is 2. The summed E-state index contributed by atoms with van der Waals surface area (Å²) in [6.07, 6.45) is 3.91. The number of nitrogens with zero attached hydrogens (tertiary/aromatic N) is 2. The van der Waals surface area contributed by atoms with Crippen molar-refractivity contribution >= 4 is 29.1 Å². The minimum absolute atomic E-state index is 0.0328. The van der Waals surface area contributed by atoms with Crippen molar-refractivity contribution in [3.63, 3.8) is 0 Å². The van der Waals surface area contributed by atoms with E-state index in [4.69, 9.17) is 0 Å². The van der Waals surface area contributed by atoms with Crippen molar-refractivity contribution in [3.05, 3.63) is 177 Å². The van der Waals surface area contributed by atoms with Gasteiger partial charge in [0.15, 0.2) is 0 Å². The maximum absolute atomic E-state index is 13.5. The standard InChI is InChI=1S/C51H54N2O3/c1-10-49(5,6)38-23-25-41(26-24-38)52-33(4)44-31-36(17-27-42(44)46(52)54)29-34-13-19-39(20-14-34)50(7,8)40-21-15-35(16-22-40)30-37-18-28-43-45(32-37)48(56)53(47(43)55)51(9,11-2)12-3/h13-28,31-32H,4,10-12,29-30H2,1-3,5-9H3. The summed E-state index contributed by atoms with van der Waals surface area (Å²) in [5.74, 6) is -0.402. The second-order valence-electron chi connectivity index (χ2n) is 17.2. The molecule has 2 heterocycles. The topological polar surface area (TPSA) is 57.7 Å². The third-order valence-electron chi connectivity index (χ3n) is 13.1. The molecule has 0 fully saturated rings. The molecule has 0 saturated heterocycles. The molecule has 2 aliphatic heterocycles. The summed E-state index contributed by atoms with van der Waals surface area (Å²) in [5.41, 5.74) is 11.7. The summed E-state index contributed by atoms with van der Waals surface area (Å²) in [6, 6.07) is 37.7. The molecule has 5 nitrogen and oxygen atoms in total. The lowest BCUT2D eigenvalue weighted by atomic mass is 9.77. The molecule has 0 radical (unpaired) electrons. The second-order valence-corrected chi connectivity index (χ2v) is 17.2. The number of imide groups is 1. The van der Waals surface area contributed by atoms with Gasteiger partial charge < -0.3 is 0 Å². The van der Waals surface area contributed by atoms with Gasteiger partial charge in [0, 0.05) is 27.8 Å². The molecule has 0 aliphatic carbocycles. The summed E-state index contributed by atoms with van der Waals surface area (Å²) in [5, 5.41) is 0. The molecule has 0 atom stereocenters. The molecule has 56 heavy (non-hydrogen) atoms. The van der Waals surface area contributed by atoms with Crippen molar-refractivity contribution in [2.45, 2.75) is 104 Å². The van der Waals surface area contributed by atoms with E-state index in [1.54, 1.807) is 4.90 Å². The summed E-state index contributed by atoms with van der Waals surface area (Å²) in [7, 11) is 0. The summed E-state index contributed by atoms with van der Waals surface area (Å²) >= 11 is 0. The number of hydrogen-bond donors (Lipinski definition) is 0. The Morgan fingerprint density at radius 3 is 1.39 bits per heavy atom. The largest absolute Gasteiger partial charge is 0.277 e. The van der Waals surface area contributed by atoms with E-state index in [9.17, 15) is 14.4 Å². The molecule has 0 aromatic heterocycles. The molecule has 0 spiro atoms. The Hall–Kier alpha value is -5.55. The Labute approximate surface area is 333 Å². The molecule has 0 bridgehead atoms. The van der Waals surface area contributed by atoms with Crippen molar-refractivity contribution < 1.29 is 14.4 Å². The van der Waals surface area contributed by atoms with Crippen LogP contribution < -0.4 is 4.90 Å². The van der Waals surface area contributed by atoms with Gasteiger partial charge in [-0.1, -0.05) is 128 Å². The Kier molecular flexibility index (Phi) is 10.0. The number of rotatable bonds is 12. The van der Waals surface area contributed by atoms with Gasteiger partial charge in [0.1, 0.15) is 0 Å². The molecular formula is C51H54N2O3. The van der Waals surface area contributed by atoms with Crippen LogP contribution in [-0.2, 0) is 23.7 Å².